The number of nitrogens with zero attached hydrogens (tertiary/aromatic N) is 1. The minimum Gasteiger partial charge on any atom is -0.393 e. The molecular weight excluding hydrogens is 286 g/mol. The fraction of sp³-hybridized carbons (Fsp3) is 0.588. The molecule has 1 aromatic rings. The molecule has 3 atom stereocenters. The highest BCUT2D eigenvalue weighted by Gasteiger charge is 2.42. The number of aliphatic hydroxyl groups is 1. The first-order valence-corrected chi connectivity index (χ1v) is 8.13. The van der Waals surface area contributed by atoms with Crippen molar-refractivity contribution in [2.75, 3.05) is 13.1 Å². The van der Waals surface area contributed by atoms with Gasteiger partial charge in [0.05, 0.1) is 6.10 Å². The molecule has 1 N–H and O–H groups in total. The molecule has 1 amide bonds. The number of carbonyl (C=O) groups excluding carboxylic acids is 1. The van der Waals surface area contributed by atoms with Gasteiger partial charge in [0.25, 0.3) is 0 Å². The van der Waals surface area contributed by atoms with Crippen LogP contribution in [0.1, 0.15) is 30.4 Å². The first-order valence-electron chi connectivity index (χ1n) is 7.75. The zero-order valence-corrected chi connectivity index (χ0v) is 13.1. The van der Waals surface area contributed by atoms with Gasteiger partial charge >= 0.3 is 0 Å². The predicted molar refractivity (Wildman–Crippen MR) is 83.3 cm³/mol. The average molecular weight is 308 g/mol. The lowest BCUT2D eigenvalue weighted by atomic mass is 10.00. The Morgan fingerprint density at radius 2 is 2.19 bits per heavy atom. The molecular formula is C17H22ClNO2. The maximum atomic E-state index is 12.3. The molecule has 1 heterocycles. The van der Waals surface area contributed by atoms with E-state index in [1.165, 1.54) is 0 Å². The van der Waals surface area contributed by atoms with Gasteiger partial charge in [-0.25, -0.2) is 0 Å². The molecule has 0 bridgehead atoms. The van der Waals surface area contributed by atoms with Gasteiger partial charge in [0, 0.05) is 30.5 Å². The van der Waals surface area contributed by atoms with Gasteiger partial charge in [0.2, 0.25) is 5.91 Å². The number of aliphatic hydroxyl groups excluding tert-OH is 1. The first-order chi connectivity index (χ1) is 10.0. The van der Waals surface area contributed by atoms with Crippen LogP contribution in [-0.4, -0.2) is 35.1 Å². The summed E-state index contributed by atoms with van der Waals surface area (Å²) >= 11 is 6.11. The number of benzene rings is 1. The van der Waals surface area contributed by atoms with Gasteiger partial charge in [-0.1, -0.05) is 23.7 Å². The molecule has 1 saturated heterocycles. The summed E-state index contributed by atoms with van der Waals surface area (Å²) in [5.41, 5.74) is 2.17. The van der Waals surface area contributed by atoms with Crippen molar-refractivity contribution in [3.8, 4) is 0 Å². The molecule has 2 fully saturated rings. The predicted octanol–water partition coefficient (Wildman–Crippen LogP) is 2.81. The van der Waals surface area contributed by atoms with Crippen LogP contribution in [0.25, 0.3) is 0 Å². The lowest BCUT2D eigenvalue weighted by Crippen LogP contribution is -2.31. The van der Waals surface area contributed by atoms with Crippen molar-refractivity contribution < 1.29 is 9.90 Å². The largest absolute Gasteiger partial charge is 0.393 e. The molecule has 1 aliphatic carbocycles. The molecule has 0 spiro atoms. The quantitative estimate of drug-likeness (QED) is 0.933. The highest BCUT2D eigenvalue weighted by atomic mass is 35.5. The van der Waals surface area contributed by atoms with Crippen LogP contribution in [0.5, 0.6) is 0 Å². The third kappa shape index (κ3) is 3.09. The van der Waals surface area contributed by atoms with Gasteiger partial charge in [-0.05, 0) is 49.3 Å². The van der Waals surface area contributed by atoms with E-state index < -0.39 is 0 Å². The summed E-state index contributed by atoms with van der Waals surface area (Å²) in [6.07, 6.45) is 3.01. The van der Waals surface area contributed by atoms with Crippen LogP contribution in [0.3, 0.4) is 0 Å². The molecule has 21 heavy (non-hydrogen) atoms. The number of aryl methyl sites for hydroxylation is 2. The summed E-state index contributed by atoms with van der Waals surface area (Å²) in [6.45, 7) is 3.54. The van der Waals surface area contributed by atoms with E-state index >= 15 is 0 Å². The summed E-state index contributed by atoms with van der Waals surface area (Å²) in [6, 6.07) is 5.99. The lowest BCUT2D eigenvalue weighted by Gasteiger charge is -2.18. The molecule has 1 aromatic carbocycles. The maximum absolute atomic E-state index is 12.3. The van der Waals surface area contributed by atoms with E-state index in [2.05, 4.69) is 0 Å². The van der Waals surface area contributed by atoms with E-state index in [4.69, 9.17) is 11.6 Å². The number of halogens is 1. The van der Waals surface area contributed by atoms with Crippen LogP contribution in [0.4, 0.5) is 0 Å². The Morgan fingerprint density at radius 3 is 2.90 bits per heavy atom. The molecule has 3 rings (SSSR count). The lowest BCUT2D eigenvalue weighted by molar-refractivity contribution is -0.130. The fourth-order valence-corrected chi connectivity index (χ4v) is 3.84. The Kier molecular flexibility index (Phi) is 4.23. The van der Waals surface area contributed by atoms with Crippen molar-refractivity contribution in [2.45, 2.75) is 38.7 Å². The van der Waals surface area contributed by atoms with Crippen LogP contribution < -0.4 is 0 Å². The second kappa shape index (κ2) is 5.98. The van der Waals surface area contributed by atoms with Crippen molar-refractivity contribution in [1.82, 2.24) is 4.90 Å². The number of carbonyl (C=O) groups is 1. The van der Waals surface area contributed by atoms with Gasteiger partial charge in [-0.2, -0.15) is 0 Å². The first kappa shape index (κ1) is 14.9. The number of likely N-dealkylation sites (tertiary alicyclic amines) is 1. The smallest absolute Gasteiger partial charge is 0.222 e. The van der Waals surface area contributed by atoms with Crippen molar-refractivity contribution in [3.05, 3.63) is 34.3 Å². The summed E-state index contributed by atoms with van der Waals surface area (Å²) in [7, 11) is 0. The summed E-state index contributed by atoms with van der Waals surface area (Å²) < 4.78 is 0. The van der Waals surface area contributed by atoms with Crippen LogP contribution in [0.2, 0.25) is 5.02 Å². The zero-order chi connectivity index (χ0) is 15.0. The average Bonchev–Trinajstić information content (AvgIpc) is 3.02. The molecule has 4 heteroatoms. The van der Waals surface area contributed by atoms with E-state index in [0.29, 0.717) is 18.3 Å². The number of fused-ring (bicyclic) bond motifs is 1. The maximum Gasteiger partial charge on any atom is 0.222 e. The molecule has 3 nitrogen and oxygen atoms in total. The third-order valence-corrected chi connectivity index (χ3v) is 5.44. The van der Waals surface area contributed by atoms with Crippen molar-refractivity contribution >= 4 is 17.5 Å². The van der Waals surface area contributed by atoms with Gasteiger partial charge < -0.3 is 10.0 Å². The van der Waals surface area contributed by atoms with Crippen molar-refractivity contribution in [1.29, 1.82) is 0 Å². The Balaban J connectivity index is 1.54. The second-order valence-corrected chi connectivity index (χ2v) is 6.86. The van der Waals surface area contributed by atoms with Gasteiger partial charge in [-0.15, -0.1) is 0 Å². The Hall–Kier alpha value is -1.06. The molecule has 0 aromatic heterocycles. The summed E-state index contributed by atoms with van der Waals surface area (Å²) in [4.78, 5) is 14.3. The van der Waals surface area contributed by atoms with Crippen molar-refractivity contribution in [2.24, 2.45) is 11.8 Å². The van der Waals surface area contributed by atoms with Crippen molar-refractivity contribution in [3.63, 3.8) is 0 Å². The van der Waals surface area contributed by atoms with Crippen LogP contribution >= 0.6 is 11.6 Å². The van der Waals surface area contributed by atoms with E-state index in [0.717, 1.165) is 48.5 Å². The van der Waals surface area contributed by atoms with Gasteiger partial charge in [0.1, 0.15) is 0 Å². The Morgan fingerprint density at radius 1 is 1.38 bits per heavy atom. The van der Waals surface area contributed by atoms with Gasteiger partial charge in [-0.3, -0.25) is 4.79 Å². The second-order valence-electron chi connectivity index (χ2n) is 6.45. The Labute approximate surface area is 130 Å². The molecule has 1 saturated carbocycles. The van der Waals surface area contributed by atoms with Gasteiger partial charge in [0.15, 0.2) is 0 Å². The molecule has 1 aliphatic heterocycles. The highest BCUT2D eigenvalue weighted by Crippen LogP contribution is 2.38. The van der Waals surface area contributed by atoms with Crippen LogP contribution in [-0.2, 0) is 11.2 Å². The normalized spacial score (nSPS) is 28.0. The molecule has 0 radical (unpaired) electrons. The SMILES string of the molecule is Cc1ccc(CCC(=O)N2CC3CCC(O)C3C2)cc1Cl. The molecule has 3 unspecified atom stereocenters. The highest BCUT2D eigenvalue weighted by molar-refractivity contribution is 6.31. The number of rotatable bonds is 3. The fourth-order valence-electron chi connectivity index (χ4n) is 3.64. The standard InChI is InChI=1S/C17H22ClNO2/c1-11-2-3-12(8-15(11)18)4-7-17(21)19-9-13-5-6-16(20)14(13)10-19/h2-3,8,13-14,16,20H,4-7,9-10H2,1H3. The number of hydrogen-bond acceptors (Lipinski definition) is 2. The summed E-state index contributed by atoms with van der Waals surface area (Å²) in [5, 5.41) is 10.7. The van der Waals surface area contributed by atoms with Crippen LogP contribution in [0, 0.1) is 18.8 Å². The van der Waals surface area contributed by atoms with E-state index in [-0.39, 0.29) is 12.0 Å². The number of hydrogen-bond donors (Lipinski definition) is 1. The monoisotopic (exact) mass is 307 g/mol. The minimum atomic E-state index is -0.205. The molecule has 2 aliphatic rings. The number of amides is 1. The van der Waals surface area contributed by atoms with E-state index in [9.17, 15) is 9.90 Å². The van der Waals surface area contributed by atoms with Crippen LogP contribution in [0.15, 0.2) is 18.2 Å². The minimum absolute atomic E-state index is 0.202. The van der Waals surface area contributed by atoms with E-state index in [1.54, 1.807) is 0 Å². The Bertz CT molecular complexity index is 546. The topological polar surface area (TPSA) is 40.5 Å². The third-order valence-electron chi connectivity index (χ3n) is 5.04. The zero-order valence-electron chi connectivity index (χ0n) is 12.4. The summed E-state index contributed by atoms with van der Waals surface area (Å²) in [5.74, 6) is 1.02. The molecule has 114 valence electrons. The van der Waals surface area contributed by atoms with E-state index in [1.807, 2.05) is 30.0 Å².